The number of nitrogens with one attached hydrogen (secondary N) is 3. The van der Waals surface area contributed by atoms with Crippen LogP contribution in [0.5, 0.6) is 0 Å². The zero-order valence-corrected chi connectivity index (χ0v) is 19.9. The highest BCUT2D eigenvalue weighted by molar-refractivity contribution is 6.01. The second-order valence-electron chi connectivity index (χ2n) is 9.13. The Morgan fingerprint density at radius 2 is 2.03 bits per heavy atom. The Labute approximate surface area is 206 Å². The second kappa shape index (κ2) is 10.4. The number of aryl methyl sites for hydroxylation is 2. The third-order valence-corrected chi connectivity index (χ3v) is 6.06. The van der Waals surface area contributed by atoms with E-state index < -0.39 is 35.5 Å². The van der Waals surface area contributed by atoms with Gasteiger partial charge in [-0.05, 0) is 49.9 Å². The molecule has 0 aliphatic heterocycles. The summed E-state index contributed by atoms with van der Waals surface area (Å²) in [5.74, 6) is -4.79. The van der Waals surface area contributed by atoms with Crippen LogP contribution in [-0.4, -0.2) is 38.5 Å². The van der Waals surface area contributed by atoms with E-state index in [2.05, 4.69) is 26.0 Å². The van der Waals surface area contributed by atoms with Crippen molar-refractivity contribution in [3.05, 3.63) is 66.0 Å². The molecule has 36 heavy (non-hydrogen) atoms. The number of rotatable bonds is 8. The maximum Gasteiger partial charge on any atom is 0.252 e. The molecule has 3 aromatic rings. The summed E-state index contributed by atoms with van der Waals surface area (Å²) >= 11 is 0. The Morgan fingerprint density at radius 1 is 1.22 bits per heavy atom. The van der Waals surface area contributed by atoms with Crippen molar-refractivity contribution in [3.8, 4) is 0 Å². The Kier molecular flexibility index (Phi) is 7.27. The second-order valence-corrected chi connectivity index (χ2v) is 9.13. The molecule has 3 N–H and O–H groups in total. The number of amides is 2. The van der Waals surface area contributed by atoms with E-state index in [9.17, 15) is 22.8 Å². The van der Waals surface area contributed by atoms with Gasteiger partial charge >= 0.3 is 0 Å². The molecule has 0 saturated heterocycles. The molecule has 0 spiro atoms. The maximum absolute atomic E-state index is 14.1. The molecule has 1 unspecified atom stereocenters. The average molecular weight is 501 g/mol. The number of carbonyl (C=O) groups is 2. The van der Waals surface area contributed by atoms with Gasteiger partial charge in [0.05, 0.1) is 23.8 Å². The van der Waals surface area contributed by atoms with Crippen LogP contribution in [0.15, 0.2) is 48.9 Å². The number of benzene rings is 1. The lowest BCUT2D eigenvalue weighted by molar-refractivity contribution is -0.118. The summed E-state index contributed by atoms with van der Waals surface area (Å²) in [4.78, 5) is 30.0. The number of hydrogen-bond donors (Lipinski definition) is 3. The highest BCUT2D eigenvalue weighted by Gasteiger charge is 2.41. The molecule has 190 valence electrons. The minimum absolute atomic E-state index is 0.0763. The van der Waals surface area contributed by atoms with Crippen molar-refractivity contribution in [1.29, 1.82) is 0 Å². The molecular weight excluding hydrogens is 473 g/mol. The topological polar surface area (TPSA) is 101 Å². The van der Waals surface area contributed by atoms with Crippen LogP contribution in [0.4, 0.5) is 30.2 Å². The molecule has 1 aromatic carbocycles. The van der Waals surface area contributed by atoms with E-state index in [1.807, 2.05) is 0 Å². The van der Waals surface area contributed by atoms with Crippen molar-refractivity contribution in [1.82, 2.24) is 20.1 Å². The number of hydrogen-bond acceptors (Lipinski definition) is 5. The van der Waals surface area contributed by atoms with E-state index in [0.717, 1.165) is 6.20 Å². The van der Waals surface area contributed by atoms with Crippen LogP contribution in [0.25, 0.3) is 0 Å². The molecule has 2 heterocycles. The summed E-state index contributed by atoms with van der Waals surface area (Å²) in [6.07, 6.45) is 3.94. The molecule has 2 atom stereocenters. The summed E-state index contributed by atoms with van der Waals surface area (Å²) in [7, 11) is 1.69. The Morgan fingerprint density at radius 3 is 2.72 bits per heavy atom. The third kappa shape index (κ3) is 6.41. The van der Waals surface area contributed by atoms with Crippen molar-refractivity contribution < 1.29 is 22.8 Å². The number of aromatic nitrogens is 3. The van der Waals surface area contributed by atoms with Crippen molar-refractivity contribution in [3.63, 3.8) is 0 Å². The van der Waals surface area contributed by atoms with Crippen LogP contribution in [-0.2, 0) is 11.8 Å². The Bertz CT molecular complexity index is 1260. The standard InChI is InChI=1S/C25H27F3N6O2/c1-15-8-21(20(26)13-29-15)31-18-5-3-4-17(10-18)23(35)33-22(9-16-6-7-25(27,28)11-16)24(36)32-19-12-30-34(2)14-19/h3-5,8,10,12-14,16,22H,6-7,9,11H2,1-2H3,(H,29,31)(H,32,36)(H,33,35)/t16?,22-/m0/s1. The first-order valence-corrected chi connectivity index (χ1v) is 11.6. The summed E-state index contributed by atoms with van der Waals surface area (Å²) in [6, 6.07) is 6.86. The van der Waals surface area contributed by atoms with Crippen LogP contribution in [0, 0.1) is 18.7 Å². The number of pyridine rings is 1. The average Bonchev–Trinajstić information content (AvgIpc) is 3.39. The zero-order valence-electron chi connectivity index (χ0n) is 19.9. The normalized spacial score (nSPS) is 17.4. The first kappa shape index (κ1) is 25.2. The molecule has 0 bridgehead atoms. The molecular formula is C25H27F3N6O2. The predicted octanol–water partition coefficient (Wildman–Crippen LogP) is 4.57. The van der Waals surface area contributed by atoms with Gasteiger partial charge in [0.1, 0.15) is 6.04 Å². The molecule has 8 nitrogen and oxygen atoms in total. The van der Waals surface area contributed by atoms with Crippen LogP contribution >= 0.6 is 0 Å². The molecule has 0 radical (unpaired) electrons. The van der Waals surface area contributed by atoms with Gasteiger partial charge in [0, 0.05) is 43.0 Å². The van der Waals surface area contributed by atoms with Crippen molar-refractivity contribution in [2.75, 3.05) is 10.6 Å². The van der Waals surface area contributed by atoms with E-state index in [1.54, 1.807) is 38.4 Å². The SMILES string of the molecule is Cc1cc(Nc2cccc(C(=O)N[C@@H](CC3CCC(F)(F)C3)C(=O)Nc3cnn(C)c3)c2)c(F)cn1. The van der Waals surface area contributed by atoms with Crippen molar-refractivity contribution in [2.24, 2.45) is 13.0 Å². The van der Waals surface area contributed by atoms with E-state index >= 15 is 0 Å². The van der Waals surface area contributed by atoms with Gasteiger partial charge in [0.25, 0.3) is 5.91 Å². The van der Waals surface area contributed by atoms with Gasteiger partial charge in [-0.15, -0.1) is 0 Å². The fraction of sp³-hybridized carbons (Fsp3) is 0.360. The molecule has 2 amide bonds. The molecule has 11 heteroatoms. The van der Waals surface area contributed by atoms with E-state index in [-0.39, 0.29) is 36.9 Å². The van der Waals surface area contributed by atoms with Crippen LogP contribution < -0.4 is 16.0 Å². The van der Waals surface area contributed by atoms with Crippen LogP contribution in [0.2, 0.25) is 0 Å². The van der Waals surface area contributed by atoms with E-state index in [1.165, 1.54) is 23.0 Å². The molecule has 4 rings (SSSR count). The largest absolute Gasteiger partial charge is 0.353 e. The van der Waals surface area contributed by atoms with Gasteiger partial charge in [-0.1, -0.05) is 6.07 Å². The van der Waals surface area contributed by atoms with E-state index in [0.29, 0.717) is 17.1 Å². The number of anilines is 3. The Balaban J connectivity index is 1.49. The smallest absolute Gasteiger partial charge is 0.252 e. The predicted molar refractivity (Wildman–Crippen MR) is 129 cm³/mol. The molecule has 1 aliphatic carbocycles. The summed E-state index contributed by atoms with van der Waals surface area (Å²) in [5.41, 5.74) is 1.93. The van der Waals surface area contributed by atoms with Crippen molar-refractivity contribution >= 4 is 28.9 Å². The number of halogens is 3. The zero-order chi connectivity index (χ0) is 25.9. The monoisotopic (exact) mass is 500 g/mol. The van der Waals surface area contributed by atoms with Crippen LogP contribution in [0.3, 0.4) is 0 Å². The summed E-state index contributed by atoms with van der Waals surface area (Å²) < 4.78 is 43.1. The van der Waals surface area contributed by atoms with Gasteiger partial charge in [0.2, 0.25) is 11.8 Å². The quantitative estimate of drug-likeness (QED) is 0.421. The lowest BCUT2D eigenvalue weighted by Crippen LogP contribution is -2.44. The minimum Gasteiger partial charge on any atom is -0.353 e. The third-order valence-electron chi connectivity index (χ3n) is 6.06. The lowest BCUT2D eigenvalue weighted by atomic mass is 9.97. The van der Waals surface area contributed by atoms with Gasteiger partial charge < -0.3 is 16.0 Å². The lowest BCUT2D eigenvalue weighted by Gasteiger charge is -2.21. The molecule has 1 aliphatic rings. The summed E-state index contributed by atoms with van der Waals surface area (Å²) in [6.45, 7) is 1.73. The van der Waals surface area contributed by atoms with Gasteiger partial charge in [-0.3, -0.25) is 19.3 Å². The first-order valence-electron chi connectivity index (χ1n) is 11.6. The van der Waals surface area contributed by atoms with Crippen molar-refractivity contribution in [2.45, 2.75) is 44.6 Å². The maximum atomic E-state index is 14.1. The highest BCUT2D eigenvalue weighted by Crippen LogP contribution is 2.40. The first-order chi connectivity index (χ1) is 17.1. The van der Waals surface area contributed by atoms with Crippen LogP contribution in [0.1, 0.15) is 41.7 Å². The molecule has 1 fully saturated rings. The van der Waals surface area contributed by atoms with Gasteiger partial charge in [-0.25, -0.2) is 13.2 Å². The van der Waals surface area contributed by atoms with E-state index in [4.69, 9.17) is 0 Å². The Hall–Kier alpha value is -3.89. The fourth-order valence-corrected chi connectivity index (χ4v) is 4.30. The van der Waals surface area contributed by atoms with Gasteiger partial charge in [-0.2, -0.15) is 5.10 Å². The summed E-state index contributed by atoms with van der Waals surface area (Å²) in [5, 5.41) is 12.3. The highest BCUT2D eigenvalue weighted by atomic mass is 19.3. The fourth-order valence-electron chi connectivity index (χ4n) is 4.30. The number of alkyl halides is 2. The minimum atomic E-state index is -2.76. The molecule has 2 aromatic heterocycles. The molecule has 1 saturated carbocycles. The number of nitrogens with zero attached hydrogens (tertiary/aromatic N) is 3. The number of carbonyl (C=O) groups excluding carboxylic acids is 2. The van der Waals surface area contributed by atoms with Gasteiger partial charge in [0.15, 0.2) is 5.82 Å².